The molecular weight excluding hydrogens is 410 g/mol. The van der Waals surface area contributed by atoms with Crippen molar-refractivity contribution in [2.24, 2.45) is 0 Å². The summed E-state index contributed by atoms with van der Waals surface area (Å²) in [5, 5.41) is 11.0. The highest BCUT2D eigenvalue weighted by molar-refractivity contribution is 7.14. The predicted octanol–water partition coefficient (Wildman–Crippen LogP) is 4.80. The van der Waals surface area contributed by atoms with Crippen molar-refractivity contribution in [1.29, 1.82) is 0 Å². The number of carbonyl (C=O) groups excluding carboxylic acids is 1. The summed E-state index contributed by atoms with van der Waals surface area (Å²) < 4.78 is 5.39. The fraction of sp³-hybridized carbons (Fsp3) is 0.273. The highest BCUT2D eigenvalue weighted by Crippen LogP contribution is 2.40. The lowest BCUT2D eigenvalue weighted by Gasteiger charge is -2.40. The van der Waals surface area contributed by atoms with Crippen molar-refractivity contribution in [3.63, 3.8) is 0 Å². The second-order valence-corrected chi connectivity index (χ2v) is 8.36. The number of esters is 1. The topological polar surface area (TPSA) is 66.8 Å². The number of halogens is 1. The Labute approximate surface area is 178 Å². The molecule has 0 aliphatic carbocycles. The first-order valence-electron chi connectivity index (χ1n) is 9.22. The van der Waals surface area contributed by atoms with E-state index >= 15 is 0 Å². The summed E-state index contributed by atoms with van der Waals surface area (Å²) in [6.07, 6.45) is 7.24. The third-order valence-electron chi connectivity index (χ3n) is 5.03. The van der Waals surface area contributed by atoms with Crippen molar-refractivity contribution >= 4 is 34.9 Å². The fourth-order valence-electron chi connectivity index (χ4n) is 3.39. The summed E-state index contributed by atoms with van der Waals surface area (Å²) in [7, 11) is 0. The van der Waals surface area contributed by atoms with Gasteiger partial charge in [-0.15, -0.1) is 11.3 Å². The third-order valence-corrected chi connectivity index (χ3v) is 6.47. The highest BCUT2D eigenvalue weighted by atomic mass is 35.5. The molecule has 1 N–H and O–H groups in total. The highest BCUT2D eigenvalue weighted by Gasteiger charge is 2.44. The molecule has 3 rings (SSSR count). The number of carbonyl (C=O) groups is 2. The lowest BCUT2D eigenvalue weighted by Crippen LogP contribution is -2.51. The number of nitrogens with zero attached hydrogens (tertiary/aromatic N) is 1. The standard InChI is InChI=1S/C22H22ClNO4S/c1-3-4-5-10-19(25)28-20-13-15-14-24(12-11-18(15)29-20)22(2,21(26)27)16-8-6-7-9-17(16)23/h3-10,13H,11-12,14H2,1-2H3,(H,26,27)/b4-3+,10-5+. The van der Waals surface area contributed by atoms with Gasteiger partial charge < -0.3 is 9.84 Å². The van der Waals surface area contributed by atoms with E-state index in [0.29, 0.717) is 35.2 Å². The number of carboxylic acid groups (broad SMARTS) is 1. The van der Waals surface area contributed by atoms with E-state index in [-0.39, 0.29) is 0 Å². The number of allylic oxidation sites excluding steroid dienone is 3. The van der Waals surface area contributed by atoms with Gasteiger partial charge in [-0.3, -0.25) is 4.90 Å². The van der Waals surface area contributed by atoms with Crippen molar-refractivity contribution in [3.05, 3.63) is 75.7 Å². The molecule has 7 heteroatoms. The number of hydrogen-bond acceptors (Lipinski definition) is 5. The zero-order valence-electron chi connectivity index (χ0n) is 16.2. The van der Waals surface area contributed by atoms with Crippen LogP contribution in [0.1, 0.15) is 29.9 Å². The number of ether oxygens (including phenoxy) is 1. The predicted molar refractivity (Wildman–Crippen MR) is 114 cm³/mol. The van der Waals surface area contributed by atoms with Crippen molar-refractivity contribution in [1.82, 2.24) is 4.90 Å². The first-order chi connectivity index (χ1) is 13.9. The van der Waals surface area contributed by atoms with Crippen LogP contribution in [-0.2, 0) is 28.1 Å². The molecule has 0 spiro atoms. The minimum Gasteiger partial charge on any atom is -0.480 e. The molecule has 2 heterocycles. The van der Waals surface area contributed by atoms with Gasteiger partial charge in [0.25, 0.3) is 0 Å². The summed E-state index contributed by atoms with van der Waals surface area (Å²) in [5.41, 5.74) is 0.277. The molecule has 0 amide bonds. The van der Waals surface area contributed by atoms with Gasteiger partial charge in [0.15, 0.2) is 5.06 Å². The largest absolute Gasteiger partial charge is 0.480 e. The zero-order chi connectivity index (χ0) is 21.0. The summed E-state index contributed by atoms with van der Waals surface area (Å²) in [6.45, 7) is 4.55. The molecule has 1 aliphatic heterocycles. The van der Waals surface area contributed by atoms with E-state index < -0.39 is 17.5 Å². The van der Waals surface area contributed by atoms with E-state index in [4.69, 9.17) is 16.3 Å². The average Bonchev–Trinajstić information content (AvgIpc) is 3.09. The maximum atomic E-state index is 12.3. The van der Waals surface area contributed by atoms with Gasteiger partial charge >= 0.3 is 11.9 Å². The van der Waals surface area contributed by atoms with Gasteiger partial charge in [-0.1, -0.05) is 48.0 Å². The summed E-state index contributed by atoms with van der Waals surface area (Å²) in [4.78, 5) is 27.2. The molecule has 0 fully saturated rings. The van der Waals surface area contributed by atoms with Gasteiger partial charge in [0.05, 0.1) is 0 Å². The Balaban J connectivity index is 1.83. The SMILES string of the molecule is C/C=C/C=C/C(=O)Oc1cc2c(s1)CCN(C(C)(C(=O)O)c1ccccc1Cl)C2. The van der Waals surface area contributed by atoms with E-state index in [9.17, 15) is 14.7 Å². The van der Waals surface area contributed by atoms with Crippen molar-refractivity contribution in [2.45, 2.75) is 32.4 Å². The molecule has 1 aliphatic rings. The first kappa shape index (κ1) is 21.3. The van der Waals surface area contributed by atoms with Crippen LogP contribution in [0.5, 0.6) is 5.06 Å². The molecule has 1 aromatic carbocycles. The Hall–Kier alpha value is -2.41. The molecule has 1 unspecified atom stereocenters. The Morgan fingerprint density at radius 1 is 1.31 bits per heavy atom. The van der Waals surface area contributed by atoms with Crippen molar-refractivity contribution in [3.8, 4) is 5.06 Å². The number of hydrogen-bond donors (Lipinski definition) is 1. The Morgan fingerprint density at radius 2 is 2.07 bits per heavy atom. The lowest BCUT2D eigenvalue weighted by molar-refractivity contribution is -0.152. The zero-order valence-corrected chi connectivity index (χ0v) is 17.8. The monoisotopic (exact) mass is 431 g/mol. The van der Waals surface area contributed by atoms with Crippen LogP contribution in [0.15, 0.2) is 54.6 Å². The number of fused-ring (bicyclic) bond motifs is 1. The molecule has 1 atom stereocenters. The van der Waals surface area contributed by atoms with E-state index in [2.05, 4.69) is 0 Å². The summed E-state index contributed by atoms with van der Waals surface area (Å²) in [6, 6.07) is 8.86. The van der Waals surface area contributed by atoms with Crippen LogP contribution in [0.3, 0.4) is 0 Å². The molecule has 29 heavy (non-hydrogen) atoms. The lowest BCUT2D eigenvalue weighted by atomic mass is 9.88. The Bertz CT molecular complexity index is 981. The van der Waals surface area contributed by atoms with E-state index in [1.807, 2.05) is 24.0 Å². The molecule has 0 saturated carbocycles. The van der Waals surface area contributed by atoms with Gasteiger partial charge in [-0.05, 0) is 38.0 Å². The number of aliphatic carboxylic acids is 1. The van der Waals surface area contributed by atoms with E-state index in [0.717, 1.165) is 10.4 Å². The van der Waals surface area contributed by atoms with E-state index in [1.165, 1.54) is 17.4 Å². The quantitative estimate of drug-likeness (QED) is 0.404. The molecule has 1 aromatic heterocycles. The molecule has 5 nitrogen and oxygen atoms in total. The maximum absolute atomic E-state index is 12.3. The first-order valence-corrected chi connectivity index (χ1v) is 10.4. The number of benzene rings is 1. The molecule has 2 aromatic rings. The van der Waals surface area contributed by atoms with Crippen molar-refractivity contribution < 1.29 is 19.4 Å². The Kier molecular flexibility index (Phi) is 6.57. The van der Waals surface area contributed by atoms with Gasteiger partial charge in [0.1, 0.15) is 5.54 Å². The second kappa shape index (κ2) is 8.95. The van der Waals surface area contributed by atoms with Crippen LogP contribution < -0.4 is 4.74 Å². The molecule has 0 radical (unpaired) electrons. The summed E-state index contributed by atoms with van der Waals surface area (Å²) in [5.74, 6) is -1.39. The van der Waals surface area contributed by atoms with Gasteiger partial charge in [0, 0.05) is 34.6 Å². The normalized spacial score (nSPS) is 16.7. The van der Waals surface area contributed by atoms with Crippen LogP contribution in [0.4, 0.5) is 0 Å². The third kappa shape index (κ3) is 4.45. The Morgan fingerprint density at radius 3 is 2.76 bits per heavy atom. The van der Waals surface area contributed by atoms with Crippen LogP contribution >= 0.6 is 22.9 Å². The number of thiophene rings is 1. The van der Waals surface area contributed by atoms with Gasteiger partial charge in [-0.25, -0.2) is 9.59 Å². The van der Waals surface area contributed by atoms with Crippen molar-refractivity contribution in [2.75, 3.05) is 6.54 Å². The molecule has 152 valence electrons. The second-order valence-electron chi connectivity index (χ2n) is 6.85. The van der Waals surface area contributed by atoms with Crippen LogP contribution in [0, 0.1) is 0 Å². The fourth-order valence-corrected chi connectivity index (χ4v) is 4.73. The smallest absolute Gasteiger partial charge is 0.336 e. The van der Waals surface area contributed by atoms with Gasteiger partial charge in [0.2, 0.25) is 0 Å². The van der Waals surface area contributed by atoms with Crippen LogP contribution in [0.2, 0.25) is 5.02 Å². The molecule has 0 bridgehead atoms. The number of rotatable bonds is 6. The minimum absolute atomic E-state index is 0.427. The van der Waals surface area contributed by atoms with Crippen LogP contribution in [-0.4, -0.2) is 28.5 Å². The minimum atomic E-state index is -1.26. The van der Waals surface area contributed by atoms with Gasteiger partial charge in [-0.2, -0.15) is 0 Å². The summed E-state index contributed by atoms with van der Waals surface area (Å²) >= 11 is 7.76. The van der Waals surface area contributed by atoms with E-state index in [1.54, 1.807) is 43.3 Å². The maximum Gasteiger partial charge on any atom is 0.336 e. The number of carboxylic acids is 1. The van der Waals surface area contributed by atoms with Crippen LogP contribution in [0.25, 0.3) is 0 Å². The molecule has 0 saturated heterocycles. The molecular formula is C22H22ClNO4S. The average molecular weight is 432 g/mol.